The molecule has 0 fully saturated rings. The van der Waals surface area contributed by atoms with E-state index in [1.54, 1.807) is 6.07 Å². The molecule has 15 heavy (non-hydrogen) atoms. The third-order valence-corrected chi connectivity index (χ3v) is 1.85. The average molecular weight is 202 g/mol. The minimum absolute atomic E-state index is 0.314. The predicted molar refractivity (Wildman–Crippen MR) is 57.7 cm³/mol. The smallest absolute Gasteiger partial charge is 0.126 e. The van der Waals surface area contributed by atoms with Gasteiger partial charge in [-0.2, -0.15) is 5.26 Å². The summed E-state index contributed by atoms with van der Waals surface area (Å²) in [6.07, 6.45) is 6.61. The first-order chi connectivity index (χ1) is 7.26. The Balaban J connectivity index is 2.58. The summed E-state index contributed by atoms with van der Waals surface area (Å²) in [6.45, 7) is 0.679. The summed E-state index contributed by atoms with van der Waals surface area (Å²) < 4.78 is 13.0. The molecule has 76 valence electrons. The van der Waals surface area contributed by atoms with E-state index in [9.17, 15) is 4.39 Å². The molecule has 0 aliphatic heterocycles. The molecule has 0 saturated carbocycles. The molecule has 1 aromatic rings. The number of terminal acetylenes is 1. The Labute approximate surface area is 88.7 Å². The standard InChI is InChI=1S/C12H11FN2/c1-2-3-4-5-15-12-7-10(9-14)6-11(13)8-12/h1,6-8,15H,3-5H2. The fourth-order valence-corrected chi connectivity index (χ4v) is 1.18. The van der Waals surface area contributed by atoms with Crippen LogP contribution in [0.15, 0.2) is 18.2 Å². The molecule has 0 spiro atoms. The van der Waals surface area contributed by atoms with Gasteiger partial charge in [0.05, 0.1) is 11.6 Å². The summed E-state index contributed by atoms with van der Waals surface area (Å²) in [5, 5.41) is 11.6. The van der Waals surface area contributed by atoms with E-state index in [2.05, 4.69) is 11.2 Å². The van der Waals surface area contributed by atoms with Gasteiger partial charge < -0.3 is 5.32 Å². The Morgan fingerprint density at radius 1 is 1.40 bits per heavy atom. The average Bonchev–Trinajstić information content (AvgIpc) is 2.23. The molecule has 0 aliphatic rings. The maximum absolute atomic E-state index is 13.0. The van der Waals surface area contributed by atoms with E-state index < -0.39 is 5.82 Å². The van der Waals surface area contributed by atoms with Gasteiger partial charge in [0.2, 0.25) is 0 Å². The summed E-state index contributed by atoms with van der Waals surface area (Å²) in [5.74, 6) is 2.11. The first-order valence-electron chi connectivity index (χ1n) is 4.64. The molecule has 0 aromatic heterocycles. The molecule has 0 unspecified atom stereocenters. The highest BCUT2D eigenvalue weighted by Crippen LogP contribution is 2.13. The van der Waals surface area contributed by atoms with Gasteiger partial charge >= 0.3 is 0 Å². The van der Waals surface area contributed by atoms with Crippen molar-refractivity contribution in [1.82, 2.24) is 0 Å². The molecular formula is C12H11FN2. The van der Waals surface area contributed by atoms with Crippen molar-refractivity contribution in [2.75, 3.05) is 11.9 Å². The van der Waals surface area contributed by atoms with Crippen molar-refractivity contribution >= 4 is 5.69 Å². The van der Waals surface area contributed by atoms with Gasteiger partial charge in [-0.25, -0.2) is 4.39 Å². The van der Waals surface area contributed by atoms with Gasteiger partial charge in [0.1, 0.15) is 5.82 Å². The summed E-state index contributed by atoms with van der Waals surface area (Å²) in [7, 11) is 0. The SMILES string of the molecule is C#CCCCNc1cc(F)cc(C#N)c1. The molecule has 3 heteroatoms. The van der Waals surface area contributed by atoms with Crippen molar-refractivity contribution in [3.8, 4) is 18.4 Å². The fraction of sp³-hybridized carbons (Fsp3) is 0.250. The van der Waals surface area contributed by atoms with E-state index >= 15 is 0 Å². The lowest BCUT2D eigenvalue weighted by atomic mass is 10.2. The zero-order chi connectivity index (χ0) is 11.1. The lowest BCUT2D eigenvalue weighted by Gasteiger charge is -2.05. The van der Waals surface area contributed by atoms with E-state index in [1.807, 2.05) is 6.07 Å². The van der Waals surface area contributed by atoms with Gasteiger partial charge in [0.15, 0.2) is 0 Å². The molecular weight excluding hydrogens is 191 g/mol. The van der Waals surface area contributed by atoms with Crippen molar-refractivity contribution in [3.05, 3.63) is 29.6 Å². The van der Waals surface area contributed by atoms with Crippen molar-refractivity contribution in [2.45, 2.75) is 12.8 Å². The molecule has 1 aromatic carbocycles. The van der Waals surface area contributed by atoms with Crippen molar-refractivity contribution in [3.63, 3.8) is 0 Å². The van der Waals surface area contributed by atoms with Crippen LogP contribution in [0.25, 0.3) is 0 Å². The molecule has 0 radical (unpaired) electrons. The molecule has 1 N–H and O–H groups in total. The Hall–Kier alpha value is -2.00. The number of rotatable bonds is 4. The highest BCUT2D eigenvalue weighted by molar-refractivity contribution is 5.49. The van der Waals surface area contributed by atoms with E-state index in [-0.39, 0.29) is 0 Å². The van der Waals surface area contributed by atoms with E-state index in [1.165, 1.54) is 12.1 Å². The number of halogens is 1. The number of hydrogen-bond donors (Lipinski definition) is 1. The maximum atomic E-state index is 13.0. The van der Waals surface area contributed by atoms with E-state index in [0.29, 0.717) is 24.2 Å². The zero-order valence-corrected chi connectivity index (χ0v) is 8.26. The fourth-order valence-electron chi connectivity index (χ4n) is 1.18. The topological polar surface area (TPSA) is 35.8 Å². The van der Waals surface area contributed by atoms with Gasteiger partial charge in [-0.15, -0.1) is 12.3 Å². The third kappa shape index (κ3) is 3.70. The summed E-state index contributed by atoms with van der Waals surface area (Å²) in [6, 6.07) is 6.07. The van der Waals surface area contributed by atoms with Gasteiger partial charge in [0.25, 0.3) is 0 Å². The maximum Gasteiger partial charge on any atom is 0.126 e. The predicted octanol–water partition coefficient (Wildman–Crippen LogP) is 2.52. The number of unbranched alkanes of at least 4 members (excludes halogenated alkanes) is 1. The van der Waals surface area contributed by atoms with Crippen LogP contribution in [0.2, 0.25) is 0 Å². The van der Waals surface area contributed by atoms with Crippen LogP contribution in [0.1, 0.15) is 18.4 Å². The largest absolute Gasteiger partial charge is 0.385 e. The Bertz CT molecular complexity index is 413. The molecule has 2 nitrogen and oxygen atoms in total. The second-order valence-electron chi connectivity index (χ2n) is 3.07. The summed E-state index contributed by atoms with van der Waals surface area (Å²) >= 11 is 0. The number of anilines is 1. The number of nitrogens with one attached hydrogen (secondary N) is 1. The molecule has 0 heterocycles. The first-order valence-corrected chi connectivity index (χ1v) is 4.64. The van der Waals surface area contributed by atoms with Crippen LogP contribution in [0, 0.1) is 29.5 Å². The lowest BCUT2D eigenvalue weighted by molar-refractivity contribution is 0.627. The van der Waals surface area contributed by atoms with Crippen molar-refractivity contribution in [1.29, 1.82) is 5.26 Å². The number of benzene rings is 1. The molecule has 0 amide bonds. The second kappa shape index (κ2) is 5.67. The zero-order valence-electron chi connectivity index (χ0n) is 8.26. The number of hydrogen-bond acceptors (Lipinski definition) is 2. The van der Waals surface area contributed by atoms with Crippen LogP contribution in [-0.2, 0) is 0 Å². The van der Waals surface area contributed by atoms with Gasteiger partial charge in [-0.1, -0.05) is 0 Å². The lowest BCUT2D eigenvalue weighted by Crippen LogP contribution is -2.01. The minimum Gasteiger partial charge on any atom is -0.385 e. The normalized spacial score (nSPS) is 9.00. The Morgan fingerprint density at radius 2 is 2.20 bits per heavy atom. The Morgan fingerprint density at radius 3 is 2.87 bits per heavy atom. The Kier molecular flexibility index (Phi) is 4.19. The molecule has 1 rings (SSSR count). The minimum atomic E-state index is -0.409. The molecule has 0 bridgehead atoms. The van der Waals surface area contributed by atoms with Gasteiger partial charge in [0, 0.05) is 18.7 Å². The quantitative estimate of drug-likeness (QED) is 0.601. The number of nitriles is 1. The molecule has 0 aliphatic carbocycles. The van der Waals surface area contributed by atoms with Crippen LogP contribution in [0.4, 0.5) is 10.1 Å². The van der Waals surface area contributed by atoms with Crippen LogP contribution in [0.5, 0.6) is 0 Å². The second-order valence-corrected chi connectivity index (χ2v) is 3.07. The van der Waals surface area contributed by atoms with Crippen LogP contribution < -0.4 is 5.32 Å². The van der Waals surface area contributed by atoms with E-state index in [0.717, 1.165) is 6.42 Å². The van der Waals surface area contributed by atoms with Crippen LogP contribution >= 0.6 is 0 Å². The molecule has 0 saturated heterocycles. The highest BCUT2D eigenvalue weighted by atomic mass is 19.1. The molecule has 0 atom stereocenters. The highest BCUT2D eigenvalue weighted by Gasteiger charge is 1.99. The van der Waals surface area contributed by atoms with Crippen LogP contribution in [0.3, 0.4) is 0 Å². The van der Waals surface area contributed by atoms with Crippen molar-refractivity contribution in [2.24, 2.45) is 0 Å². The summed E-state index contributed by atoms with van der Waals surface area (Å²) in [5.41, 5.74) is 0.929. The van der Waals surface area contributed by atoms with Crippen LogP contribution in [-0.4, -0.2) is 6.54 Å². The summed E-state index contributed by atoms with van der Waals surface area (Å²) in [4.78, 5) is 0. The first kappa shape index (κ1) is 11.1. The van der Waals surface area contributed by atoms with Gasteiger partial charge in [-0.05, 0) is 24.6 Å². The van der Waals surface area contributed by atoms with Gasteiger partial charge in [-0.3, -0.25) is 0 Å². The number of nitrogens with zero attached hydrogens (tertiary/aromatic N) is 1. The third-order valence-electron chi connectivity index (χ3n) is 1.85. The van der Waals surface area contributed by atoms with Crippen molar-refractivity contribution < 1.29 is 4.39 Å². The van der Waals surface area contributed by atoms with E-state index in [4.69, 9.17) is 11.7 Å². The monoisotopic (exact) mass is 202 g/mol.